The molecule has 4 rings (SSSR count). The molecule has 102 valence electrons. The van der Waals surface area contributed by atoms with Gasteiger partial charge in [0.2, 0.25) is 0 Å². The maximum atomic E-state index is 4.45. The molecule has 1 aliphatic rings. The molecule has 0 bridgehead atoms. The van der Waals surface area contributed by atoms with Gasteiger partial charge in [0, 0.05) is 44.0 Å². The van der Waals surface area contributed by atoms with E-state index in [0.717, 1.165) is 48.2 Å². The zero-order chi connectivity index (χ0) is 13.4. The Bertz CT molecular complexity index is 699. The van der Waals surface area contributed by atoms with Crippen molar-refractivity contribution in [1.82, 2.24) is 19.9 Å². The number of fused-ring (bicyclic) bond motifs is 1. The average molecular weight is 286 g/mol. The van der Waals surface area contributed by atoms with Crippen LogP contribution in [-0.2, 0) is 0 Å². The van der Waals surface area contributed by atoms with E-state index in [1.165, 1.54) is 0 Å². The minimum absolute atomic E-state index is 0.900. The molecular formula is C13H14N6S. The molecule has 1 fully saturated rings. The van der Waals surface area contributed by atoms with Gasteiger partial charge in [0.25, 0.3) is 0 Å². The van der Waals surface area contributed by atoms with Crippen LogP contribution in [-0.4, -0.2) is 46.1 Å². The summed E-state index contributed by atoms with van der Waals surface area (Å²) in [6, 6.07) is 2.04. The van der Waals surface area contributed by atoms with Gasteiger partial charge < -0.3 is 14.8 Å². The molecule has 0 aromatic carbocycles. The van der Waals surface area contributed by atoms with Crippen molar-refractivity contribution < 1.29 is 0 Å². The van der Waals surface area contributed by atoms with Gasteiger partial charge in [-0.25, -0.2) is 15.0 Å². The van der Waals surface area contributed by atoms with Crippen LogP contribution in [0.25, 0.3) is 11.0 Å². The van der Waals surface area contributed by atoms with Crippen molar-refractivity contribution in [2.24, 2.45) is 0 Å². The van der Waals surface area contributed by atoms with Crippen molar-refractivity contribution in [3.8, 4) is 0 Å². The molecule has 0 saturated carbocycles. The van der Waals surface area contributed by atoms with E-state index in [0.29, 0.717) is 0 Å². The van der Waals surface area contributed by atoms with E-state index in [1.807, 2.05) is 23.8 Å². The highest BCUT2D eigenvalue weighted by Gasteiger charge is 2.21. The third-order valence-corrected chi connectivity index (χ3v) is 4.43. The summed E-state index contributed by atoms with van der Waals surface area (Å²) in [5.41, 5.74) is 0.900. The fourth-order valence-corrected chi connectivity index (χ4v) is 3.29. The second-order valence-corrected chi connectivity index (χ2v) is 5.60. The third-order valence-electron chi connectivity index (χ3n) is 3.60. The predicted octanol–water partition coefficient (Wildman–Crippen LogP) is 1.74. The molecule has 6 nitrogen and oxygen atoms in total. The maximum absolute atomic E-state index is 4.45. The first-order valence-corrected chi connectivity index (χ1v) is 7.47. The van der Waals surface area contributed by atoms with Gasteiger partial charge >= 0.3 is 0 Å². The molecule has 0 aliphatic carbocycles. The summed E-state index contributed by atoms with van der Waals surface area (Å²) in [6.45, 7) is 3.86. The summed E-state index contributed by atoms with van der Waals surface area (Å²) in [7, 11) is 0. The number of aromatic nitrogens is 4. The number of aromatic amines is 1. The predicted molar refractivity (Wildman–Crippen MR) is 80.4 cm³/mol. The van der Waals surface area contributed by atoms with Crippen LogP contribution in [0.3, 0.4) is 0 Å². The van der Waals surface area contributed by atoms with Crippen LogP contribution < -0.4 is 9.80 Å². The lowest BCUT2D eigenvalue weighted by molar-refractivity contribution is 0.647. The Hall–Kier alpha value is -2.15. The van der Waals surface area contributed by atoms with Crippen LogP contribution in [0.15, 0.2) is 30.2 Å². The number of piperazine rings is 1. The summed E-state index contributed by atoms with van der Waals surface area (Å²) in [6.07, 6.45) is 5.40. The lowest BCUT2D eigenvalue weighted by Crippen LogP contribution is -2.46. The molecule has 7 heteroatoms. The van der Waals surface area contributed by atoms with Gasteiger partial charge in [0.05, 0.1) is 5.39 Å². The number of rotatable bonds is 2. The smallest absolute Gasteiger partial charge is 0.185 e. The highest BCUT2D eigenvalue weighted by Crippen LogP contribution is 2.25. The first-order valence-electron chi connectivity index (χ1n) is 6.59. The third kappa shape index (κ3) is 1.90. The van der Waals surface area contributed by atoms with E-state index in [-0.39, 0.29) is 0 Å². The number of nitrogens with one attached hydrogen (secondary N) is 1. The molecular weight excluding hydrogens is 272 g/mol. The first-order chi connectivity index (χ1) is 9.92. The van der Waals surface area contributed by atoms with Crippen LogP contribution in [0, 0.1) is 0 Å². The quantitative estimate of drug-likeness (QED) is 0.777. The maximum Gasteiger partial charge on any atom is 0.185 e. The van der Waals surface area contributed by atoms with Gasteiger partial charge in [-0.05, 0) is 6.07 Å². The normalized spacial score (nSPS) is 16.0. The van der Waals surface area contributed by atoms with Crippen molar-refractivity contribution in [3.05, 3.63) is 30.2 Å². The van der Waals surface area contributed by atoms with Gasteiger partial charge in [-0.3, -0.25) is 0 Å². The van der Waals surface area contributed by atoms with E-state index in [9.17, 15) is 0 Å². The number of hydrogen-bond donors (Lipinski definition) is 1. The highest BCUT2D eigenvalue weighted by atomic mass is 32.1. The summed E-state index contributed by atoms with van der Waals surface area (Å²) < 4.78 is 0. The van der Waals surface area contributed by atoms with E-state index in [2.05, 4.69) is 29.7 Å². The van der Waals surface area contributed by atoms with Crippen LogP contribution in [0.5, 0.6) is 0 Å². The molecule has 1 N–H and O–H groups in total. The standard InChI is InChI=1S/C13H14N6S/c1-2-14-11-10(1)12(17-9-16-11)18-4-6-19(7-5-18)13-15-3-8-20-13/h1-3,8-9H,4-7H2,(H,14,16,17). The summed E-state index contributed by atoms with van der Waals surface area (Å²) in [5, 5.41) is 4.23. The lowest BCUT2D eigenvalue weighted by atomic mass is 10.3. The first kappa shape index (κ1) is 11.7. The summed E-state index contributed by atoms with van der Waals surface area (Å²) >= 11 is 1.70. The van der Waals surface area contributed by atoms with Crippen LogP contribution in [0.2, 0.25) is 0 Å². The largest absolute Gasteiger partial charge is 0.352 e. The Morgan fingerprint density at radius 1 is 1.05 bits per heavy atom. The van der Waals surface area contributed by atoms with Gasteiger partial charge in [0.1, 0.15) is 17.8 Å². The topological polar surface area (TPSA) is 60.9 Å². The zero-order valence-corrected chi connectivity index (χ0v) is 11.7. The fraction of sp³-hybridized carbons (Fsp3) is 0.308. The number of nitrogens with zero attached hydrogens (tertiary/aromatic N) is 5. The highest BCUT2D eigenvalue weighted by molar-refractivity contribution is 7.13. The van der Waals surface area contributed by atoms with E-state index in [4.69, 9.17) is 0 Å². The Morgan fingerprint density at radius 3 is 2.70 bits per heavy atom. The molecule has 4 heterocycles. The van der Waals surface area contributed by atoms with E-state index in [1.54, 1.807) is 17.7 Å². The second kappa shape index (κ2) is 4.75. The second-order valence-electron chi connectivity index (χ2n) is 4.73. The molecule has 3 aromatic rings. The molecule has 0 atom stereocenters. The molecule has 0 amide bonds. The van der Waals surface area contributed by atoms with Gasteiger partial charge in [-0.1, -0.05) is 0 Å². The Labute approximate surface area is 120 Å². The van der Waals surface area contributed by atoms with E-state index < -0.39 is 0 Å². The lowest BCUT2D eigenvalue weighted by Gasteiger charge is -2.35. The summed E-state index contributed by atoms with van der Waals surface area (Å²) in [4.78, 5) is 20.9. The molecule has 1 aliphatic heterocycles. The minimum atomic E-state index is 0.900. The Morgan fingerprint density at radius 2 is 1.90 bits per heavy atom. The van der Waals surface area contributed by atoms with Crippen molar-refractivity contribution in [2.45, 2.75) is 0 Å². The van der Waals surface area contributed by atoms with Crippen LogP contribution in [0.4, 0.5) is 10.9 Å². The zero-order valence-electron chi connectivity index (χ0n) is 10.9. The molecule has 0 radical (unpaired) electrons. The Kier molecular flexibility index (Phi) is 2.77. The monoisotopic (exact) mass is 286 g/mol. The molecule has 20 heavy (non-hydrogen) atoms. The fourth-order valence-electron chi connectivity index (χ4n) is 2.59. The van der Waals surface area contributed by atoms with Crippen molar-refractivity contribution in [3.63, 3.8) is 0 Å². The molecule has 1 saturated heterocycles. The van der Waals surface area contributed by atoms with Gasteiger partial charge in [0.15, 0.2) is 5.13 Å². The SMILES string of the molecule is c1csc(N2CCN(c3ncnc4[nH]ccc34)CC2)n1. The molecule has 0 unspecified atom stereocenters. The molecule has 0 spiro atoms. The van der Waals surface area contributed by atoms with Crippen molar-refractivity contribution >= 4 is 33.3 Å². The van der Waals surface area contributed by atoms with Crippen LogP contribution >= 0.6 is 11.3 Å². The van der Waals surface area contributed by atoms with Crippen molar-refractivity contribution in [2.75, 3.05) is 36.0 Å². The van der Waals surface area contributed by atoms with Gasteiger partial charge in [-0.15, -0.1) is 11.3 Å². The van der Waals surface area contributed by atoms with Crippen LogP contribution in [0.1, 0.15) is 0 Å². The number of anilines is 2. The number of hydrogen-bond acceptors (Lipinski definition) is 6. The molecule has 3 aromatic heterocycles. The Balaban J connectivity index is 1.56. The van der Waals surface area contributed by atoms with E-state index >= 15 is 0 Å². The average Bonchev–Trinajstić information content (AvgIpc) is 3.18. The van der Waals surface area contributed by atoms with Crippen molar-refractivity contribution in [1.29, 1.82) is 0 Å². The summed E-state index contributed by atoms with van der Waals surface area (Å²) in [5.74, 6) is 1.02. The minimum Gasteiger partial charge on any atom is -0.352 e. The number of H-pyrrole nitrogens is 1. The van der Waals surface area contributed by atoms with Gasteiger partial charge in [-0.2, -0.15) is 0 Å². The number of thiazole rings is 1.